The summed E-state index contributed by atoms with van der Waals surface area (Å²) in [6.07, 6.45) is 0. The quantitative estimate of drug-likeness (QED) is 0.237. The lowest BCUT2D eigenvalue weighted by molar-refractivity contribution is 0.528. The minimum atomic E-state index is -0.0910. The number of benzene rings is 3. The van der Waals surface area contributed by atoms with Crippen LogP contribution >= 0.6 is 11.8 Å². The summed E-state index contributed by atoms with van der Waals surface area (Å²) in [5.74, 6) is 1.60. The van der Waals surface area contributed by atoms with E-state index in [-0.39, 0.29) is 11.5 Å². The van der Waals surface area contributed by atoms with Gasteiger partial charge in [0, 0.05) is 5.56 Å². The van der Waals surface area contributed by atoms with Crippen molar-refractivity contribution in [2.24, 2.45) is 0 Å². The van der Waals surface area contributed by atoms with Crippen molar-refractivity contribution in [1.29, 1.82) is 0 Å². The maximum absolute atomic E-state index is 13.6. The topological polar surface area (TPSA) is 73.8 Å². The van der Waals surface area contributed by atoms with Crippen LogP contribution in [-0.2, 0) is 5.75 Å². The molecule has 0 unspecified atom stereocenters. The van der Waals surface area contributed by atoms with E-state index < -0.39 is 0 Å². The molecule has 0 radical (unpaired) electrons. The van der Waals surface area contributed by atoms with Gasteiger partial charge < -0.3 is 4.42 Å². The van der Waals surface area contributed by atoms with E-state index in [0.29, 0.717) is 33.6 Å². The number of aromatic nitrogens is 4. The first kappa shape index (κ1) is 21.2. The summed E-state index contributed by atoms with van der Waals surface area (Å²) in [6, 6.07) is 25.0. The van der Waals surface area contributed by atoms with Crippen LogP contribution in [0, 0.1) is 0 Å². The third-order valence-corrected chi connectivity index (χ3v) is 6.28. The molecule has 0 fully saturated rings. The highest BCUT2D eigenvalue weighted by Gasteiger charge is 2.18. The predicted octanol–water partition coefficient (Wildman–Crippen LogP) is 5.85. The van der Waals surface area contributed by atoms with Crippen LogP contribution in [0.15, 0.2) is 93.2 Å². The summed E-state index contributed by atoms with van der Waals surface area (Å²) in [4.78, 5) is 18.4. The van der Waals surface area contributed by atoms with E-state index in [1.54, 1.807) is 4.57 Å². The fraction of sp³-hybridized carbons (Fsp3) is 0.154. The molecule has 0 saturated carbocycles. The zero-order valence-corrected chi connectivity index (χ0v) is 19.1. The Balaban J connectivity index is 1.56. The van der Waals surface area contributed by atoms with Gasteiger partial charge in [-0.05, 0) is 41.8 Å². The van der Waals surface area contributed by atoms with Crippen molar-refractivity contribution in [1.82, 2.24) is 19.7 Å². The van der Waals surface area contributed by atoms with E-state index >= 15 is 0 Å². The van der Waals surface area contributed by atoms with Gasteiger partial charge in [0.2, 0.25) is 11.8 Å². The highest BCUT2D eigenvalue weighted by atomic mass is 32.2. The van der Waals surface area contributed by atoms with Gasteiger partial charge in [-0.2, -0.15) is 0 Å². The summed E-state index contributed by atoms with van der Waals surface area (Å²) in [6.45, 7) is 4.24. The van der Waals surface area contributed by atoms with Crippen LogP contribution in [0.1, 0.15) is 31.2 Å². The Kier molecular flexibility index (Phi) is 5.79. The van der Waals surface area contributed by atoms with Crippen molar-refractivity contribution in [3.05, 3.63) is 101 Å². The lowest BCUT2D eigenvalue weighted by Crippen LogP contribution is -2.23. The van der Waals surface area contributed by atoms with Crippen molar-refractivity contribution in [2.75, 3.05) is 0 Å². The largest absolute Gasteiger partial charge is 0.420 e. The smallest absolute Gasteiger partial charge is 0.266 e. The van der Waals surface area contributed by atoms with Crippen LogP contribution in [0.3, 0.4) is 0 Å². The second-order valence-corrected chi connectivity index (χ2v) is 8.86. The molecule has 164 valence electrons. The maximum atomic E-state index is 13.6. The lowest BCUT2D eigenvalue weighted by Gasteiger charge is -2.17. The highest BCUT2D eigenvalue weighted by molar-refractivity contribution is 7.98. The molecule has 0 amide bonds. The van der Waals surface area contributed by atoms with Crippen LogP contribution in [0.25, 0.3) is 28.0 Å². The SMILES string of the molecule is CC(C)c1ccccc1-n1c(SCc2nnc(-c3ccccc3)o2)nc2ccccc2c1=O. The minimum absolute atomic E-state index is 0.0910. The van der Waals surface area contributed by atoms with Gasteiger partial charge in [-0.1, -0.05) is 74.1 Å². The maximum Gasteiger partial charge on any atom is 0.266 e. The van der Waals surface area contributed by atoms with E-state index in [9.17, 15) is 4.79 Å². The number of rotatable bonds is 6. The Labute approximate surface area is 195 Å². The Morgan fingerprint density at radius 1 is 0.909 bits per heavy atom. The average molecular weight is 455 g/mol. The molecule has 2 heterocycles. The molecular weight excluding hydrogens is 432 g/mol. The summed E-state index contributed by atoms with van der Waals surface area (Å²) in [5.41, 5.74) is 3.37. The van der Waals surface area contributed by atoms with Gasteiger partial charge >= 0.3 is 0 Å². The molecule has 0 aliphatic heterocycles. The van der Waals surface area contributed by atoms with Gasteiger partial charge in [-0.25, -0.2) is 4.98 Å². The van der Waals surface area contributed by atoms with E-state index in [0.717, 1.165) is 16.8 Å². The van der Waals surface area contributed by atoms with Crippen LogP contribution in [0.5, 0.6) is 0 Å². The molecule has 0 N–H and O–H groups in total. The Morgan fingerprint density at radius 3 is 2.45 bits per heavy atom. The van der Waals surface area contributed by atoms with Crippen molar-refractivity contribution in [3.8, 4) is 17.1 Å². The molecule has 6 nitrogen and oxygen atoms in total. The zero-order valence-electron chi connectivity index (χ0n) is 18.3. The summed E-state index contributed by atoms with van der Waals surface area (Å²) < 4.78 is 7.56. The Bertz CT molecular complexity index is 1470. The monoisotopic (exact) mass is 454 g/mol. The fourth-order valence-electron chi connectivity index (χ4n) is 3.74. The molecule has 0 saturated heterocycles. The first-order valence-corrected chi connectivity index (χ1v) is 11.7. The van der Waals surface area contributed by atoms with E-state index in [4.69, 9.17) is 9.40 Å². The molecule has 0 spiro atoms. The van der Waals surface area contributed by atoms with Gasteiger partial charge in [-0.15, -0.1) is 10.2 Å². The van der Waals surface area contributed by atoms with E-state index in [2.05, 4.69) is 30.1 Å². The third-order valence-electron chi connectivity index (χ3n) is 5.36. The third kappa shape index (κ3) is 4.19. The number of para-hydroxylation sites is 2. The molecule has 33 heavy (non-hydrogen) atoms. The average Bonchev–Trinajstić information content (AvgIpc) is 3.33. The van der Waals surface area contributed by atoms with E-state index in [1.807, 2.05) is 72.8 Å². The molecule has 0 bridgehead atoms. The summed E-state index contributed by atoms with van der Waals surface area (Å²) in [5, 5.41) is 9.53. The molecule has 3 aromatic carbocycles. The van der Waals surface area contributed by atoms with Crippen LogP contribution < -0.4 is 5.56 Å². The first-order valence-electron chi connectivity index (χ1n) is 10.7. The number of fused-ring (bicyclic) bond motifs is 1. The fourth-order valence-corrected chi connectivity index (χ4v) is 4.58. The number of nitrogens with zero attached hydrogens (tertiary/aromatic N) is 4. The highest BCUT2D eigenvalue weighted by Crippen LogP contribution is 2.29. The summed E-state index contributed by atoms with van der Waals surface area (Å²) >= 11 is 1.41. The van der Waals surface area contributed by atoms with Crippen molar-refractivity contribution >= 4 is 22.7 Å². The molecular formula is C26H22N4O2S. The number of hydrogen-bond donors (Lipinski definition) is 0. The molecule has 5 aromatic rings. The van der Waals surface area contributed by atoms with Crippen molar-refractivity contribution in [3.63, 3.8) is 0 Å². The normalized spacial score (nSPS) is 11.4. The Morgan fingerprint density at radius 2 is 1.64 bits per heavy atom. The second-order valence-electron chi connectivity index (χ2n) is 7.92. The van der Waals surface area contributed by atoms with Gasteiger partial charge in [0.1, 0.15) is 0 Å². The van der Waals surface area contributed by atoms with Gasteiger partial charge in [-0.3, -0.25) is 9.36 Å². The molecule has 0 aliphatic rings. The summed E-state index contributed by atoms with van der Waals surface area (Å²) in [7, 11) is 0. The van der Waals surface area contributed by atoms with Crippen molar-refractivity contribution in [2.45, 2.75) is 30.7 Å². The first-order chi connectivity index (χ1) is 16.1. The molecule has 7 heteroatoms. The standard InChI is InChI=1S/C26H22N4O2S/c1-17(2)19-12-7-9-15-22(19)30-25(31)20-13-6-8-14-21(20)27-26(30)33-16-23-28-29-24(32-23)18-10-4-3-5-11-18/h3-15,17H,16H2,1-2H3. The minimum Gasteiger partial charge on any atom is -0.420 e. The van der Waals surface area contributed by atoms with Crippen LogP contribution in [-0.4, -0.2) is 19.7 Å². The van der Waals surface area contributed by atoms with Gasteiger partial charge in [0.15, 0.2) is 5.16 Å². The molecule has 5 rings (SSSR count). The van der Waals surface area contributed by atoms with Crippen molar-refractivity contribution < 1.29 is 4.42 Å². The van der Waals surface area contributed by atoms with Crippen LogP contribution in [0.2, 0.25) is 0 Å². The van der Waals surface area contributed by atoms with Gasteiger partial charge in [0.05, 0.1) is 22.3 Å². The molecule has 0 atom stereocenters. The predicted molar refractivity (Wildman–Crippen MR) is 131 cm³/mol. The lowest BCUT2D eigenvalue weighted by atomic mass is 10.0. The zero-order chi connectivity index (χ0) is 22.8. The van der Waals surface area contributed by atoms with Crippen LogP contribution in [0.4, 0.5) is 0 Å². The Hall–Kier alpha value is -3.71. The molecule has 0 aliphatic carbocycles. The molecule has 2 aromatic heterocycles. The van der Waals surface area contributed by atoms with Gasteiger partial charge in [0.25, 0.3) is 5.56 Å². The van der Waals surface area contributed by atoms with E-state index in [1.165, 1.54) is 11.8 Å². The number of hydrogen-bond acceptors (Lipinski definition) is 6. The number of thioether (sulfide) groups is 1. The second kappa shape index (κ2) is 9.03.